The summed E-state index contributed by atoms with van der Waals surface area (Å²) in [4.78, 5) is 5.74. The summed E-state index contributed by atoms with van der Waals surface area (Å²) >= 11 is 1.46. The summed E-state index contributed by atoms with van der Waals surface area (Å²) in [7, 11) is -3.55. The maximum absolute atomic E-state index is 13.0. The Kier molecular flexibility index (Phi) is 6.30. The van der Waals surface area contributed by atoms with E-state index in [4.69, 9.17) is 19.2 Å². The third kappa shape index (κ3) is 4.46. The Hall–Kier alpha value is -2.79. The van der Waals surface area contributed by atoms with E-state index in [9.17, 15) is 8.42 Å². The third-order valence-corrected chi connectivity index (χ3v) is 10.7. The van der Waals surface area contributed by atoms with E-state index in [2.05, 4.69) is 19.9 Å². The molecule has 2 atom stereocenters. The topological polar surface area (TPSA) is 89.4 Å². The van der Waals surface area contributed by atoms with Crippen molar-refractivity contribution in [3.8, 4) is 11.5 Å². The van der Waals surface area contributed by atoms with E-state index >= 15 is 0 Å². The lowest BCUT2D eigenvalue weighted by molar-refractivity contribution is -0.00126. The van der Waals surface area contributed by atoms with Crippen LogP contribution in [0.3, 0.4) is 0 Å². The van der Waals surface area contributed by atoms with E-state index in [-0.39, 0.29) is 4.90 Å². The summed E-state index contributed by atoms with van der Waals surface area (Å²) in [6, 6.07) is 10.4. The Bertz CT molecular complexity index is 1510. The fourth-order valence-corrected chi connectivity index (χ4v) is 7.74. The van der Waals surface area contributed by atoms with Crippen molar-refractivity contribution in [1.82, 2.24) is 8.98 Å². The number of morpholine rings is 1. The zero-order valence-electron chi connectivity index (χ0n) is 20.9. The lowest BCUT2D eigenvalue weighted by atomic mass is 9.49. The number of hydrogen-bond donors (Lipinski definition) is 0. The fourth-order valence-electron chi connectivity index (χ4n) is 5.49. The highest BCUT2D eigenvalue weighted by atomic mass is 32.2. The van der Waals surface area contributed by atoms with Gasteiger partial charge < -0.3 is 9.15 Å². The normalized spacial score (nSPS) is 24.3. The number of ether oxygens (including phenoxy) is 1. The second-order valence-corrected chi connectivity index (χ2v) is 13.1. The molecule has 8 nitrogen and oxygen atoms in total. The minimum absolute atomic E-state index is 0.257. The molecule has 37 heavy (non-hydrogen) atoms. The predicted octanol–water partition coefficient (Wildman–Crippen LogP) is 4.89. The van der Waals surface area contributed by atoms with Crippen LogP contribution in [0.15, 0.2) is 79.1 Å². The number of hydrogen-bond acceptors (Lipinski definition) is 7. The molecule has 3 heterocycles. The molecule has 2 bridgehead atoms. The van der Waals surface area contributed by atoms with Crippen LogP contribution in [-0.2, 0) is 14.8 Å². The molecule has 2 unspecified atom stereocenters. The predicted molar refractivity (Wildman–Crippen MR) is 143 cm³/mol. The van der Waals surface area contributed by atoms with E-state index < -0.39 is 10.0 Å². The molecule has 10 heteroatoms. The molecular weight excluding hydrogens is 508 g/mol. The first kappa shape index (κ1) is 24.5. The number of aromatic nitrogens is 1. The monoisotopic (exact) mass is 538 g/mol. The first-order valence-electron chi connectivity index (χ1n) is 12.6. The smallest absolute Gasteiger partial charge is 0.243 e. The fraction of sp³-hybridized carbons (Fsp3) is 0.407. The van der Waals surface area contributed by atoms with Crippen molar-refractivity contribution in [2.24, 2.45) is 27.3 Å². The number of benzene rings is 1. The van der Waals surface area contributed by atoms with Gasteiger partial charge in [0.15, 0.2) is 5.76 Å². The summed E-state index contributed by atoms with van der Waals surface area (Å²) in [6.45, 7) is 6.27. The van der Waals surface area contributed by atoms with Gasteiger partial charge in [-0.1, -0.05) is 19.9 Å². The van der Waals surface area contributed by atoms with Gasteiger partial charge in [-0.3, -0.25) is 0 Å². The zero-order valence-corrected chi connectivity index (χ0v) is 22.5. The molecule has 0 spiro atoms. The first-order chi connectivity index (χ1) is 17.8. The average molecular weight is 539 g/mol. The molecular formula is C27H30N4O4S2. The standard InChI is InChI=1S/C27H30N4O4S2/c1-27(2)20-6-5-19(23(27)16-20)17-28-31-24(25-4-3-13-35-25)18-36-26(31)29-21-7-9-22(10-8-21)37(32,33)30-11-14-34-15-12-30/h3-5,7-10,13,17-18,20,23H,6,11-12,14-16H2,1-2H3. The maximum Gasteiger partial charge on any atom is 0.243 e. The van der Waals surface area contributed by atoms with Gasteiger partial charge in [-0.15, -0.1) is 11.3 Å². The molecule has 7 rings (SSSR count). The number of allylic oxidation sites excluding steroid dienone is 2. The maximum atomic E-state index is 13.0. The van der Waals surface area contributed by atoms with E-state index in [0.717, 1.165) is 18.0 Å². The van der Waals surface area contributed by atoms with E-state index in [0.29, 0.717) is 53.9 Å². The molecule has 1 saturated heterocycles. The summed E-state index contributed by atoms with van der Waals surface area (Å²) in [5.74, 6) is 2.01. The van der Waals surface area contributed by atoms with Gasteiger partial charge in [-0.25, -0.2) is 18.1 Å². The van der Waals surface area contributed by atoms with Gasteiger partial charge in [-0.05, 0) is 72.1 Å². The van der Waals surface area contributed by atoms with Crippen LogP contribution in [-0.4, -0.2) is 49.9 Å². The molecule has 4 aliphatic rings. The van der Waals surface area contributed by atoms with Gasteiger partial charge in [0.25, 0.3) is 0 Å². The van der Waals surface area contributed by atoms with Crippen LogP contribution in [0.5, 0.6) is 0 Å². The summed E-state index contributed by atoms with van der Waals surface area (Å²) < 4.78 is 40.1. The summed E-state index contributed by atoms with van der Waals surface area (Å²) in [5.41, 5.74) is 3.06. The van der Waals surface area contributed by atoms with Crippen molar-refractivity contribution in [2.75, 3.05) is 26.3 Å². The highest BCUT2D eigenvalue weighted by Crippen LogP contribution is 2.58. The minimum atomic E-state index is -3.55. The molecule has 1 aliphatic heterocycles. The van der Waals surface area contributed by atoms with Gasteiger partial charge in [0.05, 0.1) is 36.3 Å². The largest absolute Gasteiger partial charge is 0.463 e. The van der Waals surface area contributed by atoms with Gasteiger partial charge in [-0.2, -0.15) is 9.41 Å². The lowest BCUT2D eigenvalue weighted by Crippen LogP contribution is -2.48. The van der Waals surface area contributed by atoms with E-state index in [1.165, 1.54) is 27.6 Å². The molecule has 3 aliphatic carbocycles. The van der Waals surface area contributed by atoms with Crippen LogP contribution < -0.4 is 4.80 Å². The third-order valence-electron chi connectivity index (χ3n) is 7.96. The Balaban J connectivity index is 1.33. The van der Waals surface area contributed by atoms with Crippen molar-refractivity contribution in [2.45, 2.75) is 31.6 Å². The Morgan fingerprint density at radius 2 is 1.92 bits per heavy atom. The quantitative estimate of drug-likeness (QED) is 0.418. The number of sulfonamides is 1. The molecule has 2 fully saturated rings. The number of fused-ring (bicyclic) bond motifs is 1. The molecule has 1 aromatic carbocycles. The Morgan fingerprint density at radius 1 is 1.14 bits per heavy atom. The Labute approximate surface area is 220 Å². The van der Waals surface area contributed by atoms with Crippen LogP contribution >= 0.6 is 11.3 Å². The lowest BCUT2D eigenvalue weighted by Gasteiger charge is -2.55. The number of thiazole rings is 1. The van der Waals surface area contributed by atoms with Gasteiger partial charge in [0.2, 0.25) is 14.8 Å². The molecule has 0 radical (unpaired) electrons. The van der Waals surface area contributed by atoms with Crippen molar-refractivity contribution < 1.29 is 17.6 Å². The molecule has 0 amide bonds. The van der Waals surface area contributed by atoms with Crippen molar-refractivity contribution in [1.29, 1.82) is 0 Å². The van der Waals surface area contributed by atoms with Gasteiger partial charge in [0.1, 0.15) is 5.69 Å². The number of furan rings is 1. The highest BCUT2D eigenvalue weighted by molar-refractivity contribution is 7.89. The second kappa shape index (κ2) is 9.50. The van der Waals surface area contributed by atoms with Gasteiger partial charge in [0, 0.05) is 18.5 Å². The number of nitrogens with zero attached hydrogens (tertiary/aromatic N) is 4. The highest BCUT2D eigenvalue weighted by Gasteiger charge is 2.50. The summed E-state index contributed by atoms with van der Waals surface area (Å²) in [6.07, 6.45) is 8.25. The number of rotatable bonds is 6. The van der Waals surface area contributed by atoms with E-state index in [1.54, 1.807) is 35.2 Å². The van der Waals surface area contributed by atoms with Crippen molar-refractivity contribution >= 4 is 33.3 Å². The average Bonchev–Trinajstić information content (AvgIpc) is 3.58. The van der Waals surface area contributed by atoms with Crippen LogP contribution in [0, 0.1) is 17.3 Å². The van der Waals surface area contributed by atoms with Crippen LogP contribution in [0.25, 0.3) is 11.5 Å². The Morgan fingerprint density at radius 3 is 2.59 bits per heavy atom. The molecule has 2 aromatic heterocycles. The molecule has 194 valence electrons. The van der Waals surface area contributed by atoms with Crippen LogP contribution in [0.1, 0.15) is 26.7 Å². The van der Waals surface area contributed by atoms with E-state index in [1.807, 2.05) is 23.7 Å². The molecule has 0 N–H and O–H groups in total. The molecule has 1 saturated carbocycles. The van der Waals surface area contributed by atoms with Crippen molar-refractivity contribution in [3.05, 3.63) is 64.5 Å². The van der Waals surface area contributed by atoms with Crippen molar-refractivity contribution in [3.63, 3.8) is 0 Å². The van der Waals surface area contributed by atoms with Crippen LogP contribution in [0.2, 0.25) is 0 Å². The minimum Gasteiger partial charge on any atom is -0.463 e. The molecule has 3 aromatic rings. The zero-order chi connectivity index (χ0) is 25.6. The SMILES string of the molecule is CC1(C)C2CC=C(C=Nn3c(-c4ccco4)csc3=Nc3ccc(S(=O)(=O)N4CCOCC4)cc3)C1C2. The summed E-state index contributed by atoms with van der Waals surface area (Å²) in [5, 5.41) is 6.84. The van der Waals surface area contributed by atoms with Crippen LogP contribution in [0.4, 0.5) is 5.69 Å². The second-order valence-electron chi connectivity index (χ2n) is 10.3. The first-order valence-corrected chi connectivity index (χ1v) is 14.9. The van der Waals surface area contributed by atoms with Gasteiger partial charge >= 0.3 is 0 Å².